The van der Waals surface area contributed by atoms with Gasteiger partial charge in [0.25, 0.3) is 0 Å². The summed E-state index contributed by atoms with van der Waals surface area (Å²) >= 11 is 1.78. The first kappa shape index (κ1) is 15.6. The van der Waals surface area contributed by atoms with Crippen molar-refractivity contribution in [1.29, 1.82) is 0 Å². The van der Waals surface area contributed by atoms with E-state index >= 15 is 0 Å². The predicted octanol–water partition coefficient (Wildman–Crippen LogP) is 3.15. The quantitative estimate of drug-likeness (QED) is 0.800. The van der Waals surface area contributed by atoms with Crippen LogP contribution < -0.4 is 5.32 Å². The Morgan fingerprint density at radius 1 is 1.39 bits per heavy atom. The third-order valence-corrected chi connectivity index (χ3v) is 4.11. The molecular weight excluding hydrogens is 244 g/mol. The highest BCUT2D eigenvalue weighted by Crippen LogP contribution is 2.23. The highest BCUT2D eigenvalue weighted by Gasteiger charge is 2.19. The van der Waals surface area contributed by atoms with Crippen LogP contribution in [0.15, 0.2) is 6.20 Å². The molecule has 104 valence electrons. The van der Waals surface area contributed by atoms with Gasteiger partial charge < -0.3 is 10.4 Å². The summed E-state index contributed by atoms with van der Waals surface area (Å²) in [4.78, 5) is 5.70. The van der Waals surface area contributed by atoms with E-state index in [0.29, 0.717) is 5.92 Å². The van der Waals surface area contributed by atoms with E-state index in [1.165, 1.54) is 9.88 Å². The minimum Gasteiger partial charge on any atom is -0.393 e. The van der Waals surface area contributed by atoms with Crippen molar-refractivity contribution in [3.05, 3.63) is 16.1 Å². The number of rotatable bonds is 7. The summed E-state index contributed by atoms with van der Waals surface area (Å²) < 4.78 is 0. The Morgan fingerprint density at radius 2 is 2.06 bits per heavy atom. The topological polar surface area (TPSA) is 45.1 Å². The lowest BCUT2D eigenvalue weighted by Crippen LogP contribution is -2.31. The van der Waals surface area contributed by atoms with Crippen LogP contribution in [0.5, 0.6) is 0 Å². The third-order valence-electron chi connectivity index (χ3n) is 2.82. The SMILES string of the molecule is CC(O)CC(C)(C)CNCc1cnc(C(C)C)s1. The molecule has 0 saturated carbocycles. The van der Waals surface area contributed by atoms with Crippen LogP contribution in [-0.4, -0.2) is 22.7 Å². The first-order valence-electron chi connectivity index (χ1n) is 6.63. The molecule has 1 rings (SSSR count). The molecular formula is C14H26N2OS. The van der Waals surface area contributed by atoms with Crippen molar-refractivity contribution in [2.24, 2.45) is 5.41 Å². The Labute approximate surface area is 115 Å². The number of aliphatic hydroxyl groups excluding tert-OH is 1. The maximum absolute atomic E-state index is 9.43. The second-order valence-electron chi connectivity index (χ2n) is 6.14. The van der Waals surface area contributed by atoms with Crippen LogP contribution in [0.4, 0.5) is 0 Å². The first-order valence-corrected chi connectivity index (χ1v) is 7.45. The fraction of sp³-hybridized carbons (Fsp3) is 0.786. The van der Waals surface area contributed by atoms with Gasteiger partial charge in [-0.25, -0.2) is 4.98 Å². The highest BCUT2D eigenvalue weighted by atomic mass is 32.1. The molecule has 0 radical (unpaired) electrons. The van der Waals surface area contributed by atoms with Crippen molar-refractivity contribution in [3.8, 4) is 0 Å². The molecule has 3 nitrogen and oxygen atoms in total. The van der Waals surface area contributed by atoms with Gasteiger partial charge in [-0.1, -0.05) is 27.7 Å². The number of aliphatic hydroxyl groups is 1. The summed E-state index contributed by atoms with van der Waals surface area (Å²) in [5.74, 6) is 0.510. The molecule has 0 aromatic carbocycles. The molecule has 1 heterocycles. The Morgan fingerprint density at radius 3 is 2.56 bits per heavy atom. The number of nitrogens with zero attached hydrogens (tertiary/aromatic N) is 1. The maximum atomic E-state index is 9.43. The Kier molecular flexibility index (Phi) is 5.76. The van der Waals surface area contributed by atoms with Crippen molar-refractivity contribution in [2.45, 2.75) is 59.6 Å². The van der Waals surface area contributed by atoms with Crippen molar-refractivity contribution in [1.82, 2.24) is 10.3 Å². The van der Waals surface area contributed by atoms with E-state index in [2.05, 4.69) is 38.0 Å². The number of thiazole rings is 1. The van der Waals surface area contributed by atoms with Crippen molar-refractivity contribution >= 4 is 11.3 Å². The van der Waals surface area contributed by atoms with Crippen LogP contribution in [0.1, 0.15) is 56.8 Å². The smallest absolute Gasteiger partial charge is 0.0953 e. The zero-order chi connectivity index (χ0) is 13.8. The van der Waals surface area contributed by atoms with Crippen LogP contribution in [-0.2, 0) is 6.54 Å². The minimum absolute atomic E-state index is 0.125. The fourth-order valence-corrected chi connectivity index (χ4v) is 2.96. The Hall–Kier alpha value is -0.450. The van der Waals surface area contributed by atoms with E-state index in [1.807, 2.05) is 13.1 Å². The molecule has 2 N–H and O–H groups in total. The van der Waals surface area contributed by atoms with Gasteiger partial charge in [0, 0.05) is 30.1 Å². The summed E-state index contributed by atoms with van der Waals surface area (Å²) in [5.41, 5.74) is 0.125. The Bertz CT molecular complexity index is 358. The third kappa shape index (κ3) is 5.46. The van der Waals surface area contributed by atoms with Gasteiger partial charge in [-0.2, -0.15) is 0 Å². The zero-order valence-corrected chi connectivity index (χ0v) is 13.0. The van der Waals surface area contributed by atoms with Gasteiger partial charge in [0.1, 0.15) is 0 Å². The van der Waals surface area contributed by atoms with E-state index in [1.54, 1.807) is 11.3 Å². The Balaban J connectivity index is 2.36. The standard InChI is InChI=1S/C14H26N2OS/c1-10(2)13-16-8-12(18-13)7-15-9-14(4,5)6-11(3)17/h8,10-11,15,17H,6-7,9H2,1-5H3. The lowest BCUT2D eigenvalue weighted by Gasteiger charge is -2.26. The van der Waals surface area contributed by atoms with Gasteiger partial charge in [-0.05, 0) is 18.8 Å². The molecule has 4 heteroatoms. The number of hydrogen-bond donors (Lipinski definition) is 2. The van der Waals surface area contributed by atoms with Crippen molar-refractivity contribution in [3.63, 3.8) is 0 Å². The van der Waals surface area contributed by atoms with Gasteiger partial charge >= 0.3 is 0 Å². The van der Waals surface area contributed by atoms with Crippen LogP contribution in [0.2, 0.25) is 0 Å². The molecule has 0 spiro atoms. The molecule has 0 fully saturated rings. The molecule has 0 aliphatic heterocycles. The summed E-state index contributed by atoms with van der Waals surface area (Å²) in [6.45, 7) is 12.3. The maximum Gasteiger partial charge on any atom is 0.0953 e. The van der Waals surface area contributed by atoms with Crippen LogP contribution >= 0.6 is 11.3 Å². The molecule has 18 heavy (non-hydrogen) atoms. The fourth-order valence-electron chi connectivity index (χ4n) is 2.07. The molecule has 1 aromatic rings. The lowest BCUT2D eigenvalue weighted by atomic mass is 9.87. The van der Waals surface area contributed by atoms with Gasteiger partial charge in [-0.15, -0.1) is 11.3 Å². The van der Waals surface area contributed by atoms with E-state index in [9.17, 15) is 5.11 Å². The number of hydrogen-bond acceptors (Lipinski definition) is 4. The minimum atomic E-state index is -0.238. The average molecular weight is 270 g/mol. The number of aromatic nitrogens is 1. The molecule has 0 aliphatic rings. The second-order valence-corrected chi connectivity index (χ2v) is 7.29. The van der Waals surface area contributed by atoms with E-state index in [0.717, 1.165) is 19.5 Å². The summed E-state index contributed by atoms with van der Waals surface area (Å²) in [6.07, 6.45) is 2.55. The molecule has 0 saturated heterocycles. The molecule has 0 aliphatic carbocycles. The van der Waals surface area contributed by atoms with Crippen LogP contribution in [0, 0.1) is 5.41 Å². The summed E-state index contributed by atoms with van der Waals surface area (Å²) in [7, 11) is 0. The van der Waals surface area contributed by atoms with Gasteiger partial charge in [0.05, 0.1) is 11.1 Å². The lowest BCUT2D eigenvalue weighted by molar-refractivity contribution is 0.128. The average Bonchev–Trinajstić information content (AvgIpc) is 2.63. The van der Waals surface area contributed by atoms with E-state index in [4.69, 9.17) is 0 Å². The molecule has 1 unspecified atom stereocenters. The van der Waals surface area contributed by atoms with E-state index < -0.39 is 0 Å². The van der Waals surface area contributed by atoms with E-state index in [-0.39, 0.29) is 11.5 Å². The summed E-state index contributed by atoms with van der Waals surface area (Å²) in [6, 6.07) is 0. The normalized spacial score (nSPS) is 14.2. The first-order chi connectivity index (χ1) is 8.30. The predicted molar refractivity (Wildman–Crippen MR) is 78.0 cm³/mol. The van der Waals surface area contributed by atoms with Gasteiger partial charge in [0.2, 0.25) is 0 Å². The molecule has 0 amide bonds. The summed E-state index contributed by atoms with van der Waals surface area (Å²) in [5, 5.41) is 14.1. The van der Waals surface area contributed by atoms with Crippen molar-refractivity contribution < 1.29 is 5.11 Å². The molecule has 1 atom stereocenters. The zero-order valence-electron chi connectivity index (χ0n) is 12.2. The van der Waals surface area contributed by atoms with Crippen LogP contribution in [0.25, 0.3) is 0 Å². The van der Waals surface area contributed by atoms with Crippen molar-refractivity contribution in [2.75, 3.05) is 6.54 Å². The number of nitrogens with one attached hydrogen (secondary N) is 1. The monoisotopic (exact) mass is 270 g/mol. The molecule has 0 bridgehead atoms. The highest BCUT2D eigenvalue weighted by molar-refractivity contribution is 7.11. The van der Waals surface area contributed by atoms with Gasteiger partial charge in [-0.3, -0.25) is 0 Å². The van der Waals surface area contributed by atoms with Crippen LogP contribution in [0.3, 0.4) is 0 Å². The van der Waals surface area contributed by atoms with Gasteiger partial charge in [0.15, 0.2) is 0 Å². The second kappa shape index (κ2) is 6.64. The molecule has 1 aromatic heterocycles. The largest absolute Gasteiger partial charge is 0.393 e.